The van der Waals surface area contributed by atoms with Crippen molar-refractivity contribution in [2.75, 3.05) is 19.6 Å². The Morgan fingerprint density at radius 1 is 1.08 bits per heavy atom. The topological polar surface area (TPSA) is 79.4 Å². The molecule has 0 radical (unpaired) electrons. The Morgan fingerprint density at radius 2 is 1.73 bits per heavy atom. The van der Waals surface area contributed by atoms with Crippen LogP contribution in [0.2, 0.25) is 0 Å². The molecule has 26 heavy (non-hydrogen) atoms. The Labute approximate surface area is 154 Å². The first-order valence-corrected chi connectivity index (χ1v) is 10.3. The van der Waals surface area contributed by atoms with Crippen molar-refractivity contribution in [2.45, 2.75) is 29.4 Å². The van der Waals surface area contributed by atoms with Gasteiger partial charge in [0.2, 0.25) is 0 Å². The Hall–Kier alpha value is -2.41. The predicted octanol–water partition coefficient (Wildman–Crippen LogP) is 2.27. The molecular formula is C19H23N3O3S. The average molecular weight is 373 g/mol. The Morgan fingerprint density at radius 3 is 2.38 bits per heavy atom. The lowest BCUT2D eigenvalue weighted by atomic mass is 10.1. The summed E-state index contributed by atoms with van der Waals surface area (Å²) in [5.41, 5.74) is 1.12. The molecule has 1 N–H and O–H groups in total. The number of carbonyl (C=O) groups excluding carboxylic acids is 1. The molecular weight excluding hydrogens is 350 g/mol. The van der Waals surface area contributed by atoms with Crippen molar-refractivity contribution in [3.05, 3.63) is 60.4 Å². The summed E-state index contributed by atoms with van der Waals surface area (Å²) in [5, 5.41) is 2.48. The van der Waals surface area contributed by atoms with Crippen molar-refractivity contribution in [3.63, 3.8) is 0 Å². The predicted molar refractivity (Wildman–Crippen MR) is 99.6 cm³/mol. The lowest BCUT2D eigenvalue weighted by molar-refractivity contribution is 0.187. The molecule has 1 fully saturated rings. The van der Waals surface area contributed by atoms with Crippen molar-refractivity contribution in [1.29, 1.82) is 0 Å². The zero-order chi connectivity index (χ0) is 18.4. The monoisotopic (exact) mass is 373 g/mol. The van der Waals surface area contributed by atoms with E-state index in [9.17, 15) is 13.2 Å². The van der Waals surface area contributed by atoms with E-state index in [0.717, 1.165) is 12.0 Å². The van der Waals surface area contributed by atoms with Crippen molar-refractivity contribution in [3.8, 4) is 0 Å². The van der Waals surface area contributed by atoms with E-state index in [0.29, 0.717) is 37.4 Å². The summed E-state index contributed by atoms with van der Waals surface area (Å²) in [6, 6.07) is 12.3. The maximum atomic E-state index is 12.7. The van der Waals surface area contributed by atoms with Gasteiger partial charge in [-0.3, -0.25) is 4.98 Å². The van der Waals surface area contributed by atoms with Crippen LogP contribution in [0.5, 0.6) is 0 Å². The summed E-state index contributed by atoms with van der Waals surface area (Å²) < 4.78 is 25.3. The summed E-state index contributed by atoms with van der Waals surface area (Å²) in [4.78, 5) is 18.3. The molecule has 1 aliphatic heterocycles. The van der Waals surface area contributed by atoms with Gasteiger partial charge >= 0.3 is 6.03 Å². The first-order valence-electron chi connectivity index (χ1n) is 8.78. The van der Waals surface area contributed by atoms with E-state index in [-0.39, 0.29) is 6.03 Å². The number of sulfone groups is 1. The normalized spacial score (nSPS) is 15.6. The molecule has 6 nitrogen and oxygen atoms in total. The molecule has 2 amide bonds. The van der Waals surface area contributed by atoms with E-state index in [1.807, 2.05) is 12.1 Å². The molecule has 1 aromatic carbocycles. The number of rotatable bonds is 5. The number of urea groups is 1. The van der Waals surface area contributed by atoms with Crippen molar-refractivity contribution < 1.29 is 13.2 Å². The fourth-order valence-electron chi connectivity index (χ4n) is 3.15. The number of carbonyl (C=O) groups is 1. The van der Waals surface area contributed by atoms with Crippen molar-refractivity contribution >= 4 is 15.9 Å². The maximum absolute atomic E-state index is 12.7. The number of piperidine rings is 1. The van der Waals surface area contributed by atoms with Gasteiger partial charge in [-0.05, 0) is 49.1 Å². The van der Waals surface area contributed by atoms with Gasteiger partial charge in [0, 0.05) is 32.0 Å². The third-order valence-electron chi connectivity index (χ3n) is 4.68. The molecule has 7 heteroatoms. The van der Waals surface area contributed by atoms with E-state index in [1.54, 1.807) is 47.6 Å². The van der Waals surface area contributed by atoms with Gasteiger partial charge in [0.1, 0.15) is 0 Å². The van der Waals surface area contributed by atoms with Gasteiger partial charge in [-0.1, -0.05) is 18.2 Å². The molecule has 0 aliphatic carbocycles. The zero-order valence-electron chi connectivity index (χ0n) is 14.5. The molecule has 0 bridgehead atoms. The van der Waals surface area contributed by atoms with Gasteiger partial charge in [0.05, 0.1) is 10.1 Å². The van der Waals surface area contributed by atoms with Crippen LogP contribution in [-0.4, -0.2) is 49.2 Å². The molecule has 1 saturated heterocycles. The number of pyridine rings is 1. The molecule has 2 aromatic rings. The third-order valence-corrected chi connectivity index (χ3v) is 6.96. The van der Waals surface area contributed by atoms with Crippen LogP contribution in [0.15, 0.2) is 59.8 Å². The minimum atomic E-state index is -3.33. The van der Waals surface area contributed by atoms with Gasteiger partial charge in [0.15, 0.2) is 9.84 Å². The molecule has 3 rings (SSSR count). The molecule has 0 unspecified atom stereocenters. The Kier molecular flexibility index (Phi) is 5.88. The van der Waals surface area contributed by atoms with Crippen LogP contribution >= 0.6 is 0 Å². The van der Waals surface area contributed by atoms with E-state index < -0.39 is 15.1 Å². The molecule has 138 valence electrons. The first kappa shape index (κ1) is 18.4. The lowest BCUT2D eigenvalue weighted by Crippen LogP contribution is -2.47. The Balaban J connectivity index is 1.48. The summed E-state index contributed by atoms with van der Waals surface area (Å²) >= 11 is 0. The highest BCUT2D eigenvalue weighted by Gasteiger charge is 2.32. The minimum Gasteiger partial charge on any atom is -0.338 e. The number of nitrogens with one attached hydrogen (secondary N) is 1. The van der Waals surface area contributed by atoms with Crippen LogP contribution in [0.4, 0.5) is 4.79 Å². The van der Waals surface area contributed by atoms with Crippen LogP contribution in [0.3, 0.4) is 0 Å². The average Bonchev–Trinajstić information content (AvgIpc) is 2.69. The second kappa shape index (κ2) is 8.31. The summed E-state index contributed by atoms with van der Waals surface area (Å²) in [5.74, 6) is 0. The van der Waals surface area contributed by atoms with Crippen molar-refractivity contribution in [2.24, 2.45) is 0 Å². The van der Waals surface area contributed by atoms with Crippen LogP contribution in [-0.2, 0) is 16.3 Å². The molecule has 1 aliphatic rings. The molecule has 0 saturated carbocycles. The maximum Gasteiger partial charge on any atom is 0.317 e. The van der Waals surface area contributed by atoms with E-state index >= 15 is 0 Å². The first-order chi connectivity index (χ1) is 12.6. The number of benzene rings is 1. The minimum absolute atomic E-state index is 0.130. The number of likely N-dealkylation sites (tertiary alicyclic amines) is 1. The Bertz CT molecular complexity index is 818. The van der Waals surface area contributed by atoms with Crippen LogP contribution in [0.1, 0.15) is 18.4 Å². The van der Waals surface area contributed by atoms with Gasteiger partial charge in [-0.2, -0.15) is 0 Å². The molecule has 0 atom stereocenters. The fraction of sp³-hybridized carbons (Fsp3) is 0.368. The lowest BCUT2D eigenvalue weighted by Gasteiger charge is -2.31. The molecule has 0 spiro atoms. The summed E-state index contributed by atoms with van der Waals surface area (Å²) in [6.07, 6.45) is 5.14. The standard InChI is InChI=1S/C19H23N3O3S/c23-19(21-13-8-16-6-11-20-12-7-16)22-14-9-18(10-15-22)26(24,25)17-4-2-1-3-5-17/h1-7,11-12,18H,8-10,13-15H2,(H,21,23). The number of amides is 2. The second-order valence-electron chi connectivity index (χ2n) is 6.38. The summed E-state index contributed by atoms with van der Waals surface area (Å²) in [6.45, 7) is 1.46. The highest BCUT2D eigenvalue weighted by atomic mass is 32.2. The SMILES string of the molecule is O=C(NCCc1ccncc1)N1CCC(S(=O)(=O)c2ccccc2)CC1. The molecule has 2 heterocycles. The smallest absolute Gasteiger partial charge is 0.317 e. The van der Waals surface area contributed by atoms with Gasteiger partial charge in [-0.15, -0.1) is 0 Å². The fourth-order valence-corrected chi connectivity index (χ4v) is 4.90. The summed E-state index contributed by atoms with van der Waals surface area (Å²) in [7, 11) is -3.33. The highest BCUT2D eigenvalue weighted by molar-refractivity contribution is 7.92. The number of hydrogen-bond acceptors (Lipinski definition) is 4. The van der Waals surface area contributed by atoms with Crippen LogP contribution < -0.4 is 5.32 Å². The third kappa shape index (κ3) is 4.40. The van der Waals surface area contributed by atoms with E-state index in [4.69, 9.17) is 0 Å². The second-order valence-corrected chi connectivity index (χ2v) is 8.61. The van der Waals surface area contributed by atoms with Gasteiger partial charge in [0.25, 0.3) is 0 Å². The molecule has 1 aromatic heterocycles. The zero-order valence-corrected chi connectivity index (χ0v) is 15.4. The van der Waals surface area contributed by atoms with Crippen LogP contribution in [0, 0.1) is 0 Å². The van der Waals surface area contributed by atoms with E-state index in [1.165, 1.54) is 0 Å². The van der Waals surface area contributed by atoms with Crippen LogP contribution in [0.25, 0.3) is 0 Å². The number of nitrogens with zero attached hydrogens (tertiary/aromatic N) is 2. The van der Waals surface area contributed by atoms with Gasteiger partial charge < -0.3 is 10.2 Å². The van der Waals surface area contributed by atoms with E-state index in [2.05, 4.69) is 10.3 Å². The highest BCUT2D eigenvalue weighted by Crippen LogP contribution is 2.24. The largest absolute Gasteiger partial charge is 0.338 e. The van der Waals surface area contributed by atoms with Crippen molar-refractivity contribution in [1.82, 2.24) is 15.2 Å². The number of aromatic nitrogens is 1. The number of hydrogen-bond donors (Lipinski definition) is 1. The van der Waals surface area contributed by atoms with Gasteiger partial charge in [-0.25, -0.2) is 13.2 Å². The quantitative estimate of drug-likeness (QED) is 0.872.